The molecule has 0 spiro atoms. The van der Waals surface area contributed by atoms with Crippen molar-refractivity contribution in [2.45, 2.75) is 92.3 Å². The Kier molecular flexibility index (Phi) is 14.4. The molecule has 12 heteroatoms. The van der Waals surface area contributed by atoms with Gasteiger partial charge in [0, 0.05) is 40.9 Å². The van der Waals surface area contributed by atoms with Crippen molar-refractivity contribution in [2.24, 2.45) is 34.0 Å². The van der Waals surface area contributed by atoms with Crippen molar-refractivity contribution >= 4 is 57.0 Å². The highest BCUT2D eigenvalue weighted by atomic mass is 32.2. The predicted molar refractivity (Wildman–Crippen MR) is 245 cm³/mol. The maximum absolute atomic E-state index is 13.4. The monoisotopic (exact) mass is 881 g/mol. The maximum Gasteiger partial charge on any atom is 0.339 e. The first-order chi connectivity index (χ1) is 29.9. The summed E-state index contributed by atoms with van der Waals surface area (Å²) in [6.45, 7) is 20.3. The van der Waals surface area contributed by atoms with E-state index in [0.717, 1.165) is 44.6 Å². The fourth-order valence-electron chi connectivity index (χ4n) is 11.3. The standard InChI is InChI=1S/C28H47NO4S.C23H16O6/c1-8-26(6)17-22(33-23(31)18-34-16-15-29(9-2)10-3)27(7)19(4)11-13-28(20(5)25(26)32)14-12-21(30)24(27)28;24-20-16(14-7-3-1-5-12(14)9-18(20)22(26)27)11-17-15-8-4-2-6-13(15)10-19(21(17)25)23(28)29/h8,19-20,22,24-25,32H,1,9-18H2,2-7H3;1-10,24-25H,11H2,(H,26,27)(H,28,29)/t19-,20+,22-,24+,25+,26-,27+,28+;/m1./s1. The fourth-order valence-corrected chi connectivity index (χ4v) is 12.2. The zero-order valence-corrected chi connectivity index (χ0v) is 38.2. The van der Waals surface area contributed by atoms with Gasteiger partial charge in [0.1, 0.15) is 23.2 Å². The van der Waals surface area contributed by atoms with Crippen molar-refractivity contribution < 1.29 is 54.3 Å². The second kappa shape index (κ2) is 19.1. The summed E-state index contributed by atoms with van der Waals surface area (Å²) in [4.78, 5) is 51.2. The fraction of sp³-hybridized carbons (Fsp3) is 0.490. The Hall–Kier alpha value is -4.91. The molecule has 0 amide bonds. The summed E-state index contributed by atoms with van der Waals surface area (Å²) in [6, 6.07) is 16.5. The van der Waals surface area contributed by atoms with E-state index < -0.39 is 46.5 Å². The number of quaternary nitrogens is 1. The van der Waals surface area contributed by atoms with Gasteiger partial charge >= 0.3 is 17.9 Å². The lowest BCUT2D eigenvalue weighted by Crippen LogP contribution is -3.11. The third-order valence-corrected chi connectivity index (χ3v) is 16.4. The minimum absolute atomic E-state index is 0.00596. The molecule has 3 aliphatic rings. The number of hydrogen-bond acceptors (Lipinski definition) is 9. The topological polar surface area (TPSA) is 186 Å². The Labute approximate surface area is 374 Å². The Morgan fingerprint density at radius 3 is 2.11 bits per heavy atom. The van der Waals surface area contributed by atoms with Crippen LogP contribution in [0.2, 0.25) is 0 Å². The molecular formula is C51H63NO10S. The number of thioether (sulfide) groups is 1. The highest BCUT2D eigenvalue weighted by Crippen LogP contribution is 2.68. The van der Waals surface area contributed by atoms with Gasteiger partial charge in [0.15, 0.2) is 0 Å². The third-order valence-electron chi connectivity index (χ3n) is 15.4. The highest BCUT2D eigenvalue weighted by molar-refractivity contribution is 7.99. The summed E-state index contributed by atoms with van der Waals surface area (Å²) in [5, 5.41) is 56.4. The molecule has 2 bridgehead atoms. The number of aromatic hydroxyl groups is 1. The van der Waals surface area contributed by atoms with Crippen LogP contribution < -0.4 is 10.0 Å². The van der Waals surface area contributed by atoms with Crippen LogP contribution in [0.25, 0.3) is 21.5 Å². The van der Waals surface area contributed by atoms with Gasteiger partial charge in [0.25, 0.3) is 0 Å². The predicted octanol–water partition coefficient (Wildman–Crippen LogP) is 7.31. The molecule has 0 aliphatic heterocycles. The minimum Gasteiger partial charge on any atom is -0.872 e. The summed E-state index contributed by atoms with van der Waals surface area (Å²) in [6.07, 6.45) is 4.57. The van der Waals surface area contributed by atoms with Gasteiger partial charge in [-0.15, -0.1) is 18.3 Å². The summed E-state index contributed by atoms with van der Waals surface area (Å²) in [5.74, 6) is -2.27. The van der Waals surface area contributed by atoms with E-state index in [1.807, 2.05) is 13.0 Å². The first-order valence-corrected chi connectivity index (χ1v) is 23.4. The smallest absolute Gasteiger partial charge is 0.339 e. The van der Waals surface area contributed by atoms with Crippen molar-refractivity contribution in [3.8, 4) is 11.5 Å². The highest BCUT2D eigenvalue weighted by Gasteiger charge is 2.68. The SMILES string of the molecule is C=C[C@]1(C)C[C@@H](OC(=O)CSCC[NH+](CC)CC)[C@]2(C)[C@H](C)CC[C@]3(CCC(=O)[C@H]32)[C@@H](C)[C@@H]1O.O=C(O)c1cc2ccccc2c(Cc2c(O)c(C(=O)O)cc3ccccc23)c1[O-]. The van der Waals surface area contributed by atoms with Crippen molar-refractivity contribution in [1.82, 2.24) is 0 Å². The molecule has 3 saturated carbocycles. The van der Waals surface area contributed by atoms with Gasteiger partial charge in [-0.1, -0.05) is 88.1 Å². The van der Waals surface area contributed by atoms with Crippen LogP contribution in [0.1, 0.15) is 105 Å². The van der Waals surface area contributed by atoms with Gasteiger partial charge in [-0.3, -0.25) is 9.59 Å². The number of benzene rings is 4. The number of carboxylic acid groups (broad SMARTS) is 2. The van der Waals surface area contributed by atoms with E-state index in [-0.39, 0.29) is 57.8 Å². The Morgan fingerprint density at radius 1 is 0.937 bits per heavy atom. The zero-order valence-electron chi connectivity index (χ0n) is 37.4. The molecule has 7 rings (SSSR count). The van der Waals surface area contributed by atoms with E-state index in [2.05, 4.69) is 41.2 Å². The van der Waals surface area contributed by atoms with Crippen LogP contribution in [0.5, 0.6) is 11.5 Å². The third kappa shape index (κ3) is 8.83. The average Bonchev–Trinajstić information content (AvgIpc) is 3.62. The van der Waals surface area contributed by atoms with Gasteiger partial charge in [0.2, 0.25) is 0 Å². The number of rotatable bonds is 13. The molecule has 3 fully saturated rings. The molecular weight excluding hydrogens is 819 g/mol. The molecule has 0 unspecified atom stereocenters. The first kappa shape index (κ1) is 47.6. The maximum atomic E-state index is 13.4. The minimum atomic E-state index is -1.34. The number of aliphatic hydroxyl groups is 1. The lowest BCUT2D eigenvalue weighted by molar-refractivity contribution is -0.893. The Bertz CT molecular complexity index is 2290. The summed E-state index contributed by atoms with van der Waals surface area (Å²) < 4.78 is 6.30. The number of aliphatic hydroxyl groups excluding tert-OH is 1. The Balaban J connectivity index is 0.000000212. The van der Waals surface area contributed by atoms with Crippen LogP contribution in [-0.4, -0.2) is 87.5 Å². The van der Waals surface area contributed by atoms with Gasteiger partial charge in [0.05, 0.1) is 37.1 Å². The van der Waals surface area contributed by atoms with Crippen LogP contribution in [0.3, 0.4) is 0 Å². The molecule has 11 nitrogen and oxygen atoms in total. The molecule has 3 aliphatic carbocycles. The van der Waals surface area contributed by atoms with Crippen LogP contribution in [0.4, 0.5) is 0 Å². The van der Waals surface area contributed by atoms with E-state index in [0.29, 0.717) is 45.9 Å². The number of carbonyl (C=O) groups is 4. The van der Waals surface area contributed by atoms with Crippen molar-refractivity contribution in [3.05, 3.63) is 95.6 Å². The number of fused-ring (bicyclic) bond motifs is 2. The van der Waals surface area contributed by atoms with Gasteiger partial charge in [-0.05, 0) is 96.0 Å². The number of hydrogen-bond donors (Lipinski definition) is 5. The number of aromatic carboxylic acids is 2. The summed E-state index contributed by atoms with van der Waals surface area (Å²) in [7, 11) is 0. The van der Waals surface area contributed by atoms with E-state index in [4.69, 9.17) is 4.74 Å². The second-order valence-electron chi connectivity index (χ2n) is 18.5. The molecule has 63 heavy (non-hydrogen) atoms. The number of ether oxygens (including phenoxy) is 1. The lowest BCUT2D eigenvalue weighted by atomic mass is 9.44. The largest absolute Gasteiger partial charge is 0.872 e. The molecule has 0 radical (unpaired) electrons. The van der Waals surface area contributed by atoms with Gasteiger partial charge in [-0.2, -0.15) is 0 Å². The summed E-state index contributed by atoms with van der Waals surface area (Å²) in [5.41, 5.74) is -1.41. The zero-order chi connectivity index (χ0) is 46.0. The van der Waals surface area contributed by atoms with Crippen LogP contribution >= 0.6 is 11.8 Å². The number of carboxylic acids is 2. The first-order valence-electron chi connectivity index (χ1n) is 22.2. The van der Waals surface area contributed by atoms with Gasteiger partial charge < -0.3 is 35.2 Å². The average molecular weight is 882 g/mol. The van der Waals surface area contributed by atoms with E-state index in [1.165, 1.54) is 17.0 Å². The van der Waals surface area contributed by atoms with E-state index >= 15 is 0 Å². The second-order valence-corrected chi connectivity index (χ2v) is 19.6. The number of phenols is 1. The molecule has 4 aromatic carbocycles. The number of esters is 1. The molecule has 8 atom stereocenters. The molecule has 4 aromatic rings. The normalized spacial score (nSPS) is 27.8. The number of Topliss-reactive ketones (excluding diaryl/α,β-unsaturated/α-hetero) is 1. The number of carbonyl (C=O) groups excluding carboxylic acids is 2. The van der Waals surface area contributed by atoms with Crippen LogP contribution in [-0.2, 0) is 20.7 Å². The summed E-state index contributed by atoms with van der Waals surface area (Å²) >= 11 is 1.63. The van der Waals surface area contributed by atoms with E-state index in [1.54, 1.807) is 60.3 Å². The van der Waals surface area contributed by atoms with Crippen molar-refractivity contribution in [2.75, 3.05) is 31.1 Å². The quantitative estimate of drug-likeness (QED) is 0.0515. The van der Waals surface area contributed by atoms with Crippen molar-refractivity contribution in [1.29, 1.82) is 0 Å². The molecule has 5 N–H and O–H groups in total. The number of ketones is 1. The Morgan fingerprint density at radius 2 is 1.52 bits per heavy atom. The molecule has 338 valence electrons. The number of nitrogens with one attached hydrogen (secondary N) is 1. The van der Waals surface area contributed by atoms with Crippen LogP contribution in [0, 0.1) is 34.0 Å². The van der Waals surface area contributed by atoms with E-state index in [9.17, 15) is 44.7 Å². The molecule has 0 aromatic heterocycles. The van der Waals surface area contributed by atoms with Gasteiger partial charge in [-0.25, -0.2) is 9.59 Å². The molecule has 0 heterocycles. The molecule has 0 saturated heterocycles. The lowest BCUT2D eigenvalue weighted by Gasteiger charge is -2.61. The van der Waals surface area contributed by atoms with Crippen molar-refractivity contribution in [3.63, 3.8) is 0 Å². The van der Waals surface area contributed by atoms with Crippen LogP contribution in [0.15, 0.2) is 73.3 Å².